The molecule has 5 N–H and O–H groups in total. The number of hydrogen-bond donors (Lipinski definition) is 5. The molecule has 0 unspecified atom stereocenters. The van der Waals surface area contributed by atoms with Crippen molar-refractivity contribution in [2.24, 2.45) is 0 Å². The smallest absolute Gasteiger partial charge is 0.338 e. The molecule has 3 saturated heterocycles. The highest BCUT2D eigenvalue weighted by atomic mass is 16.6. The van der Waals surface area contributed by atoms with Gasteiger partial charge in [0.1, 0.15) is 18.3 Å². The Morgan fingerprint density at radius 1 is 1.31 bits per heavy atom. The standard InChI is InChI=1S/C19H22N2O8/c1-11-8-9-29-19(16(25)20-18(11,27)15(24)21-19)14(23)17(2,26)10-28-13(22)12-6-4-3-5-7-12/h3-7,14,23,26-27H,1,8-10H2,2H3,(H,20,25)(H,21,24)/t14-,17+,18+,19+/m0/s1. The summed E-state index contributed by atoms with van der Waals surface area (Å²) >= 11 is 0. The summed E-state index contributed by atoms with van der Waals surface area (Å²) in [6.45, 7) is 3.81. The summed E-state index contributed by atoms with van der Waals surface area (Å²) in [4.78, 5) is 37.2. The van der Waals surface area contributed by atoms with Crippen molar-refractivity contribution in [2.45, 2.75) is 36.5 Å². The summed E-state index contributed by atoms with van der Waals surface area (Å²) < 4.78 is 10.5. The maximum atomic E-state index is 12.7. The Labute approximate surface area is 166 Å². The summed E-state index contributed by atoms with van der Waals surface area (Å²) in [6.07, 6.45) is -2.03. The van der Waals surface area contributed by atoms with E-state index in [9.17, 15) is 29.7 Å². The number of esters is 1. The van der Waals surface area contributed by atoms with Crippen LogP contribution in [0.15, 0.2) is 42.5 Å². The Morgan fingerprint density at radius 2 is 1.97 bits per heavy atom. The third-order valence-corrected chi connectivity index (χ3v) is 4.98. The first-order chi connectivity index (χ1) is 13.5. The number of hydrogen-bond acceptors (Lipinski definition) is 8. The van der Waals surface area contributed by atoms with Gasteiger partial charge in [-0.2, -0.15) is 0 Å². The van der Waals surface area contributed by atoms with Gasteiger partial charge in [0.05, 0.1) is 12.2 Å². The van der Waals surface area contributed by atoms with Crippen molar-refractivity contribution in [3.63, 3.8) is 0 Å². The van der Waals surface area contributed by atoms with E-state index in [-0.39, 0.29) is 24.2 Å². The molecule has 3 aliphatic heterocycles. The van der Waals surface area contributed by atoms with E-state index in [2.05, 4.69) is 17.2 Å². The quantitative estimate of drug-likeness (QED) is 0.294. The van der Waals surface area contributed by atoms with Crippen LogP contribution in [-0.4, -0.2) is 69.5 Å². The third kappa shape index (κ3) is 3.51. The van der Waals surface area contributed by atoms with Gasteiger partial charge in [0.25, 0.3) is 17.5 Å². The number of amides is 2. The Hall–Kier alpha value is -2.79. The van der Waals surface area contributed by atoms with Crippen LogP contribution in [0.3, 0.4) is 0 Å². The number of nitrogens with one attached hydrogen (secondary N) is 2. The van der Waals surface area contributed by atoms with Crippen LogP contribution in [0.4, 0.5) is 0 Å². The van der Waals surface area contributed by atoms with Crippen LogP contribution in [0.2, 0.25) is 0 Å². The predicted molar refractivity (Wildman–Crippen MR) is 97.0 cm³/mol. The molecule has 4 atom stereocenters. The molecule has 10 nitrogen and oxygen atoms in total. The molecule has 1 aromatic carbocycles. The fraction of sp³-hybridized carbons (Fsp3) is 0.421. The number of fused-ring (bicyclic) bond motifs is 5. The Bertz CT molecular complexity index is 855. The predicted octanol–water partition coefficient (Wildman–Crippen LogP) is -1.44. The lowest BCUT2D eigenvalue weighted by Gasteiger charge is -2.49. The molecule has 4 rings (SSSR count). The zero-order valence-corrected chi connectivity index (χ0v) is 15.7. The first-order valence-electron chi connectivity index (χ1n) is 8.85. The van der Waals surface area contributed by atoms with E-state index in [1.807, 2.05) is 0 Å². The number of aliphatic hydroxyl groups is 3. The van der Waals surface area contributed by atoms with Crippen LogP contribution in [0.25, 0.3) is 0 Å². The second-order valence-corrected chi connectivity index (χ2v) is 7.26. The summed E-state index contributed by atoms with van der Waals surface area (Å²) in [7, 11) is 0. The molecule has 0 aliphatic carbocycles. The van der Waals surface area contributed by atoms with Crippen molar-refractivity contribution in [3.8, 4) is 0 Å². The maximum Gasteiger partial charge on any atom is 0.338 e. The summed E-state index contributed by atoms with van der Waals surface area (Å²) in [5.41, 5.74) is -6.71. The van der Waals surface area contributed by atoms with Gasteiger partial charge in [-0.3, -0.25) is 9.59 Å². The zero-order chi connectivity index (χ0) is 21.4. The fourth-order valence-corrected chi connectivity index (χ4v) is 3.15. The topological polar surface area (TPSA) is 154 Å². The average molecular weight is 406 g/mol. The van der Waals surface area contributed by atoms with Crippen LogP contribution >= 0.6 is 0 Å². The molecule has 0 saturated carbocycles. The molecule has 29 heavy (non-hydrogen) atoms. The number of ether oxygens (including phenoxy) is 2. The lowest BCUT2D eigenvalue weighted by Crippen LogP contribution is -2.82. The summed E-state index contributed by atoms with van der Waals surface area (Å²) in [6, 6.07) is 7.98. The molecule has 0 radical (unpaired) electrons. The van der Waals surface area contributed by atoms with Gasteiger partial charge in [0.15, 0.2) is 0 Å². The van der Waals surface area contributed by atoms with E-state index in [4.69, 9.17) is 9.47 Å². The SMILES string of the molecule is C=C1CCO[C@@]2([C@@H](O)[C@](C)(O)COC(=O)c3ccccc3)NC(=O)[C@@]1(O)NC2=O. The molecular formula is C19H22N2O8. The number of carbonyl (C=O) groups is 3. The van der Waals surface area contributed by atoms with Crippen LogP contribution in [0.1, 0.15) is 23.7 Å². The number of benzene rings is 1. The minimum Gasteiger partial charge on any atom is -0.459 e. The van der Waals surface area contributed by atoms with E-state index >= 15 is 0 Å². The van der Waals surface area contributed by atoms with Crippen LogP contribution in [-0.2, 0) is 19.1 Å². The molecule has 3 aliphatic rings. The van der Waals surface area contributed by atoms with Gasteiger partial charge in [-0.1, -0.05) is 24.8 Å². The van der Waals surface area contributed by atoms with Crippen LogP contribution in [0.5, 0.6) is 0 Å². The van der Waals surface area contributed by atoms with Crippen molar-refractivity contribution in [1.29, 1.82) is 0 Å². The van der Waals surface area contributed by atoms with E-state index in [1.54, 1.807) is 18.2 Å². The van der Waals surface area contributed by atoms with E-state index in [0.29, 0.717) is 0 Å². The minimum atomic E-state index is -2.40. The van der Waals surface area contributed by atoms with Crippen molar-refractivity contribution in [3.05, 3.63) is 48.0 Å². The van der Waals surface area contributed by atoms with Crippen molar-refractivity contribution >= 4 is 17.8 Å². The second kappa shape index (κ2) is 7.23. The Balaban J connectivity index is 1.80. The number of piperazine rings is 1. The Kier molecular flexibility index (Phi) is 5.22. The minimum absolute atomic E-state index is 0.00897. The van der Waals surface area contributed by atoms with Gasteiger partial charge in [-0.05, 0) is 31.1 Å². The van der Waals surface area contributed by atoms with Gasteiger partial charge in [0.2, 0.25) is 5.72 Å². The number of rotatable bonds is 5. The molecule has 1 aromatic rings. The van der Waals surface area contributed by atoms with E-state index < -0.39 is 47.5 Å². The van der Waals surface area contributed by atoms with Gasteiger partial charge in [0, 0.05) is 0 Å². The van der Waals surface area contributed by atoms with E-state index in [1.165, 1.54) is 12.1 Å². The molecule has 0 spiro atoms. The highest BCUT2D eigenvalue weighted by molar-refractivity contribution is 6.03. The summed E-state index contributed by atoms with van der Waals surface area (Å²) in [5, 5.41) is 36.1. The molecular weight excluding hydrogens is 384 g/mol. The van der Waals surface area contributed by atoms with Crippen LogP contribution < -0.4 is 10.6 Å². The van der Waals surface area contributed by atoms with Crippen LogP contribution in [0, 0.1) is 0 Å². The first-order valence-corrected chi connectivity index (χ1v) is 8.85. The monoisotopic (exact) mass is 406 g/mol. The average Bonchev–Trinajstić information content (AvgIpc) is 2.69. The van der Waals surface area contributed by atoms with Crippen molar-refractivity contribution in [2.75, 3.05) is 13.2 Å². The summed E-state index contributed by atoms with van der Waals surface area (Å²) in [5.74, 6) is -2.91. The van der Waals surface area contributed by atoms with Gasteiger partial charge in [-0.15, -0.1) is 0 Å². The van der Waals surface area contributed by atoms with Gasteiger partial charge >= 0.3 is 5.97 Å². The van der Waals surface area contributed by atoms with Crippen molar-refractivity contribution < 1.29 is 39.2 Å². The highest BCUT2D eigenvalue weighted by Gasteiger charge is 2.63. The molecule has 2 bridgehead atoms. The van der Waals surface area contributed by atoms with Gasteiger partial charge in [-0.25, -0.2) is 4.79 Å². The molecule has 156 valence electrons. The maximum absolute atomic E-state index is 12.7. The Morgan fingerprint density at radius 3 is 2.62 bits per heavy atom. The molecule has 10 heteroatoms. The largest absolute Gasteiger partial charge is 0.459 e. The van der Waals surface area contributed by atoms with Gasteiger partial charge < -0.3 is 35.4 Å². The third-order valence-electron chi connectivity index (χ3n) is 4.98. The molecule has 2 amide bonds. The lowest BCUT2D eigenvalue weighted by atomic mass is 9.85. The molecule has 0 aromatic heterocycles. The normalized spacial score (nSPS) is 29.7. The highest BCUT2D eigenvalue weighted by Crippen LogP contribution is 2.33. The molecule has 3 heterocycles. The number of carbonyl (C=O) groups excluding carboxylic acids is 3. The lowest BCUT2D eigenvalue weighted by molar-refractivity contribution is -0.230. The number of aliphatic hydroxyl groups excluding tert-OH is 1. The second-order valence-electron chi connectivity index (χ2n) is 7.26. The molecule has 3 fully saturated rings. The zero-order valence-electron chi connectivity index (χ0n) is 15.7. The first kappa shape index (κ1) is 20.9. The van der Waals surface area contributed by atoms with Crippen molar-refractivity contribution in [1.82, 2.24) is 10.6 Å². The van der Waals surface area contributed by atoms with E-state index in [0.717, 1.165) is 6.92 Å². The fourth-order valence-electron chi connectivity index (χ4n) is 3.15.